The van der Waals surface area contributed by atoms with Crippen LogP contribution < -0.4 is 18.9 Å². The minimum atomic E-state index is 0.440. The molecule has 0 radical (unpaired) electrons. The number of rotatable bonds is 8. The summed E-state index contributed by atoms with van der Waals surface area (Å²) in [6, 6.07) is 20.9. The molecule has 32 heavy (non-hydrogen) atoms. The largest absolute Gasteiger partial charge is 0.497 e. The third kappa shape index (κ3) is 6.38. The van der Waals surface area contributed by atoms with E-state index >= 15 is 0 Å². The van der Waals surface area contributed by atoms with Gasteiger partial charge in [0.15, 0.2) is 0 Å². The molecule has 0 spiro atoms. The summed E-state index contributed by atoms with van der Waals surface area (Å²) in [5.41, 5.74) is 3.92. The van der Waals surface area contributed by atoms with Crippen molar-refractivity contribution in [3.8, 4) is 23.0 Å². The van der Waals surface area contributed by atoms with Crippen LogP contribution in [0.1, 0.15) is 25.0 Å². The smallest absolute Gasteiger partial charge is 0.225 e. The van der Waals surface area contributed by atoms with Crippen LogP contribution in [0.2, 0.25) is 0 Å². The zero-order chi connectivity index (χ0) is 22.9. The fourth-order valence-electron chi connectivity index (χ4n) is 2.87. The van der Waals surface area contributed by atoms with E-state index in [1.807, 2.05) is 74.5 Å². The number of hydrogen-bond donors (Lipinski definition) is 0. The van der Waals surface area contributed by atoms with Crippen molar-refractivity contribution in [3.05, 3.63) is 89.7 Å². The predicted molar refractivity (Wildman–Crippen MR) is 129 cm³/mol. The molecule has 0 N–H and O–H groups in total. The van der Waals surface area contributed by atoms with Gasteiger partial charge in [-0.25, -0.2) is 4.99 Å². The lowest BCUT2D eigenvalue weighted by Gasteiger charge is -2.12. The second-order valence-corrected chi connectivity index (χ2v) is 7.29. The van der Waals surface area contributed by atoms with Crippen LogP contribution in [0.25, 0.3) is 0 Å². The summed E-state index contributed by atoms with van der Waals surface area (Å²) in [7, 11) is 1.63. The van der Waals surface area contributed by atoms with Gasteiger partial charge in [-0.2, -0.15) is 0 Å². The summed E-state index contributed by atoms with van der Waals surface area (Å²) in [4.78, 5) is 4.76. The van der Waals surface area contributed by atoms with E-state index < -0.39 is 0 Å². The maximum Gasteiger partial charge on any atom is 0.225 e. The SMILES string of the molecule is CCOc1cccc(OC(=Nc2ccc(C)c(C)c2)C(C)=COc2ccc(OC)cc2)c1. The van der Waals surface area contributed by atoms with Crippen LogP contribution >= 0.6 is 0 Å². The zero-order valence-electron chi connectivity index (χ0n) is 19.2. The number of methoxy groups -OCH3 is 1. The molecule has 0 heterocycles. The van der Waals surface area contributed by atoms with Crippen LogP contribution in [-0.4, -0.2) is 19.6 Å². The Bertz CT molecular complexity index is 1100. The molecule has 3 rings (SSSR count). The molecule has 5 heteroatoms. The first kappa shape index (κ1) is 22.9. The molecule has 0 amide bonds. The highest BCUT2D eigenvalue weighted by Gasteiger charge is 2.09. The van der Waals surface area contributed by atoms with Gasteiger partial charge >= 0.3 is 0 Å². The number of nitrogens with zero attached hydrogens (tertiary/aromatic N) is 1. The van der Waals surface area contributed by atoms with Gasteiger partial charge in [0.2, 0.25) is 5.90 Å². The van der Waals surface area contributed by atoms with E-state index in [0.29, 0.717) is 24.0 Å². The van der Waals surface area contributed by atoms with Gasteiger partial charge in [0, 0.05) is 11.6 Å². The van der Waals surface area contributed by atoms with Gasteiger partial charge in [-0.1, -0.05) is 12.1 Å². The third-order valence-corrected chi connectivity index (χ3v) is 4.82. The average molecular weight is 432 g/mol. The van der Waals surface area contributed by atoms with Crippen molar-refractivity contribution in [3.63, 3.8) is 0 Å². The lowest BCUT2D eigenvalue weighted by atomic mass is 10.1. The highest BCUT2D eigenvalue weighted by atomic mass is 16.5. The van der Waals surface area contributed by atoms with Gasteiger partial charge in [0.05, 0.1) is 25.7 Å². The highest BCUT2D eigenvalue weighted by molar-refractivity contribution is 5.96. The molecule has 3 aromatic rings. The van der Waals surface area contributed by atoms with Crippen molar-refractivity contribution in [1.82, 2.24) is 0 Å². The molecule has 0 aliphatic rings. The fourth-order valence-corrected chi connectivity index (χ4v) is 2.87. The van der Waals surface area contributed by atoms with Crippen LogP contribution in [-0.2, 0) is 0 Å². The topological polar surface area (TPSA) is 49.3 Å². The minimum absolute atomic E-state index is 0.440. The van der Waals surface area contributed by atoms with Gasteiger partial charge < -0.3 is 18.9 Å². The summed E-state index contributed by atoms with van der Waals surface area (Å²) in [5, 5.41) is 0. The Balaban J connectivity index is 1.90. The molecule has 0 unspecified atom stereocenters. The molecule has 166 valence electrons. The van der Waals surface area contributed by atoms with Crippen LogP contribution in [0, 0.1) is 13.8 Å². The number of benzene rings is 3. The Kier molecular flexibility index (Phi) is 7.92. The summed E-state index contributed by atoms with van der Waals surface area (Å²) in [6.07, 6.45) is 1.63. The highest BCUT2D eigenvalue weighted by Crippen LogP contribution is 2.24. The molecule has 0 atom stereocenters. The van der Waals surface area contributed by atoms with E-state index in [9.17, 15) is 0 Å². The Morgan fingerprint density at radius 3 is 2.25 bits per heavy atom. The van der Waals surface area contributed by atoms with Crippen molar-refractivity contribution in [2.45, 2.75) is 27.7 Å². The predicted octanol–water partition coefficient (Wildman–Crippen LogP) is 6.80. The first-order valence-electron chi connectivity index (χ1n) is 10.5. The van der Waals surface area contributed by atoms with Crippen molar-refractivity contribution in [2.75, 3.05) is 13.7 Å². The molecule has 0 aliphatic carbocycles. The molecule has 5 nitrogen and oxygen atoms in total. The van der Waals surface area contributed by atoms with Crippen LogP contribution in [0.5, 0.6) is 23.0 Å². The van der Waals surface area contributed by atoms with Crippen molar-refractivity contribution < 1.29 is 18.9 Å². The lowest BCUT2D eigenvalue weighted by molar-refractivity contribution is 0.339. The third-order valence-electron chi connectivity index (χ3n) is 4.82. The molecule has 0 saturated heterocycles. The summed E-state index contributed by atoms with van der Waals surface area (Å²) in [6.45, 7) is 8.57. The van der Waals surface area contributed by atoms with Gasteiger partial charge in [-0.3, -0.25) is 0 Å². The number of ether oxygens (including phenoxy) is 4. The molecule has 0 aliphatic heterocycles. The van der Waals surface area contributed by atoms with Crippen molar-refractivity contribution >= 4 is 11.6 Å². The number of hydrogen-bond acceptors (Lipinski definition) is 5. The van der Waals surface area contributed by atoms with Crippen LogP contribution in [0.4, 0.5) is 5.69 Å². The van der Waals surface area contributed by atoms with E-state index in [-0.39, 0.29) is 0 Å². The second kappa shape index (κ2) is 11.0. The lowest BCUT2D eigenvalue weighted by Crippen LogP contribution is -2.11. The molecule has 0 saturated carbocycles. The van der Waals surface area contributed by atoms with Gasteiger partial charge in [0.25, 0.3) is 0 Å². The van der Waals surface area contributed by atoms with E-state index in [2.05, 4.69) is 19.9 Å². The average Bonchev–Trinajstić information content (AvgIpc) is 2.80. The molecule has 0 aromatic heterocycles. The zero-order valence-corrected chi connectivity index (χ0v) is 19.2. The maximum absolute atomic E-state index is 6.16. The fraction of sp³-hybridized carbons (Fsp3) is 0.222. The number of aliphatic imine (C=N–C) groups is 1. The van der Waals surface area contributed by atoms with Crippen LogP contribution in [0.3, 0.4) is 0 Å². The molecule has 3 aromatic carbocycles. The Hall–Kier alpha value is -3.73. The van der Waals surface area contributed by atoms with Gasteiger partial charge in [0.1, 0.15) is 23.0 Å². The molecular weight excluding hydrogens is 402 g/mol. The van der Waals surface area contributed by atoms with Crippen molar-refractivity contribution in [1.29, 1.82) is 0 Å². The normalized spacial score (nSPS) is 11.8. The van der Waals surface area contributed by atoms with Crippen LogP contribution in [0.15, 0.2) is 83.6 Å². The standard InChI is InChI=1S/C27H29NO4/c1-6-30-25-8-7-9-26(17-25)32-27(28-22-11-10-19(2)20(3)16-22)21(4)18-31-24-14-12-23(29-5)13-15-24/h7-18H,6H2,1-5H3. The van der Waals surface area contributed by atoms with Gasteiger partial charge in [-0.15, -0.1) is 0 Å². The first-order chi connectivity index (χ1) is 15.5. The minimum Gasteiger partial charge on any atom is -0.497 e. The Labute approximate surface area is 189 Å². The summed E-state index contributed by atoms with van der Waals surface area (Å²) in [5.74, 6) is 3.28. The van der Waals surface area contributed by atoms with E-state index in [1.54, 1.807) is 13.4 Å². The second-order valence-electron chi connectivity index (χ2n) is 7.29. The first-order valence-corrected chi connectivity index (χ1v) is 10.5. The van der Waals surface area contributed by atoms with Crippen molar-refractivity contribution in [2.24, 2.45) is 4.99 Å². The van der Waals surface area contributed by atoms with E-state index in [0.717, 1.165) is 22.8 Å². The monoisotopic (exact) mass is 431 g/mol. The van der Waals surface area contributed by atoms with Gasteiger partial charge in [-0.05, 0) is 87.4 Å². The summed E-state index contributed by atoms with van der Waals surface area (Å²) >= 11 is 0. The molecule has 0 fully saturated rings. The quantitative estimate of drug-likeness (QED) is 0.223. The summed E-state index contributed by atoms with van der Waals surface area (Å²) < 4.78 is 22.8. The maximum atomic E-state index is 6.16. The Morgan fingerprint density at radius 1 is 0.844 bits per heavy atom. The number of aryl methyl sites for hydroxylation is 2. The molecular formula is C27H29NO4. The van der Waals surface area contributed by atoms with E-state index in [4.69, 9.17) is 23.9 Å². The molecule has 0 bridgehead atoms. The Morgan fingerprint density at radius 2 is 1.56 bits per heavy atom. The van der Waals surface area contributed by atoms with E-state index in [1.165, 1.54) is 11.1 Å².